The van der Waals surface area contributed by atoms with Gasteiger partial charge in [0.25, 0.3) is 0 Å². The van der Waals surface area contributed by atoms with Crippen LogP contribution in [0.25, 0.3) is 11.3 Å². The Morgan fingerprint density at radius 2 is 1.06 bits per heavy atom. The van der Waals surface area contributed by atoms with E-state index in [1.54, 1.807) is 0 Å². The third-order valence-electron chi connectivity index (χ3n) is 6.39. The van der Waals surface area contributed by atoms with Crippen molar-refractivity contribution in [3.8, 4) is 11.3 Å². The molecule has 5 rings (SSSR count). The van der Waals surface area contributed by atoms with E-state index in [0.717, 1.165) is 39.6 Å². The van der Waals surface area contributed by atoms with Crippen LogP contribution < -0.4 is 24.1 Å². The molecule has 4 aromatic carbocycles. The molecule has 0 fully saturated rings. The summed E-state index contributed by atoms with van der Waals surface area (Å²) in [5.41, 5.74) is 3.44. The predicted molar refractivity (Wildman–Crippen MR) is 146 cm³/mol. The molecule has 5 aromatic rings. The normalized spacial score (nSPS) is 11.4. The van der Waals surface area contributed by atoms with Gasteiger partial charge in [-0.05, 0) is 0 Å². The number of nitrogens with zero attached hydrogens (tertiary/aromatic N) is 2. The topological polar surface area (TPSA) is 25.8 Å². The summed E-state index contributed by atoms with van der Waals surface area (Å²) >= 11 is 1.13. The molecule has 2 nitrogen and oxygen atoms in total. The van der Waals surface area contributed by atoms with Crippen LogP contribution in [0.15, 0.2) is 115 Å². The van der Waals surface area contributed by atoms with Crippen molar-refractivity contribution in [3.63, 3.8) is 0 Å². The monoisotopic (exact) mass is 650 g/mol. The van der Waals surface area contributed by atoms with E-state index in [9.17, 15) is 0 Å². The molecule has 34 heavy (non-hydrogen) atoms. The molecule has 0 atom stereocenters. The van der Waals surface area contributed by atoms with Gasteiger partial charge in [-0.25, -0.2) is 0 Å². The second-order valence-electron chi connectivity index (χ2n) is 8.54. The molecule has 0 saturated heterocycles. The molecule has 2 radical (unpaired) electrons. The van der Waals surface area contributed by atoms with Gasteiger partial charge in [-0.3, -0.25) is 0 Å². The van der Waals surface area contributed by atoms with Crippen molar-refractivity contribution in [3.05, 3.63) is 127 Å². The van der Waals surface area contributed by atoms with Crippen LogP contribution in [0, 0.1) is 13.8 Å². The molecular weight excluding hydrogens is 625 g/mol. The Bertz CT molecular complexity index is 1300. The Morgan fingerprint density at radius 1 is 0.559 bits per heavy atom. The summed E-state index contributed by atoms with van der Waals surface area (Å²) in [6, 6.07) is 42.3. The number of benzene rings is 4. The molecule has 0 bridgehead atoms. The Hall–Kier alpha value is -2.94. The maximum absolute atomic E-state index is 4.83. The molecule has 0 saturated carbocycles. The van der Waals surface area contributed by atoms with E-state index in [1.165, 1.54) is 31.9 Å². The Labute approximate surface area is 217 Å². The van der Waals surface area contributed by atoms with Crippen molar-refractivity contribution in [2.45, 2.75) is 13.8 Å². The van der Waals surface area contributed by atoms with Crippen molar-refractivity contribution >= 4 is 56.9 Å². The molecule has 164 valence electrons. The minimum absolute atomic E-state index is 0.831. The predicted octanol–water partition coefficient (Wildman–Crippen LogP) is 2.93. The Balaban J connectivity index is 1.87. The minimum atomic E-state index is -2.55. The van der Waals surface area contributed by atoms with E-state index in [0.29, 0.717) is 0 Å². The van der Waals surface area contributed by atoms with Crippen molar-refractivity contribution in [1.82, 2.24) is 9.97 Å². The first-order chi connectivity index (χ1) is 16.6. The van der Waals surface area contributed by atoms with E-state index in [-0.39, 0.29) is 0 Å². The van der Waals surface area contributed by atoms with Gasteiger partial charge in [0, 0.05) is 0 Å². The van der Waals surface area contributed by atoms with E-state index >= 15 is 0 Å². The van der Waals surface area contributed by atoms with Crippen LogP contribution in [-0.4, -0.2) is 42.8 Å². The third-order valence-corrected chi connectivity index (χ3v) is 12.1. The molecule has 4 heteroatoms. The van der Waals surface area contributed by atoms with Gasteiger partial charge in [0.1, 0.15) is 0 Å². The maximum atomic E-state index is 4.83. The molecule has 0 amide bonds. The standard InChI is InChI=1S/C30H25N2Si.Bi/c1-23-18-19-28(22-29(23)30-20-21-31-24(2)32-30)33(25-12-6-3-7-13-25,26-14-8-4-9-15-26)27-16-10-5-11-17-27;/h3-20,22H,1-2H3;. The fraction of sp³-hybridized carbons (Fsp3) is 0.0667. The van der Waals surface area contributed by atoms with Crippen LogP contribution in [0.1, 0.15) is 11.4 Å². The van der Waals surface area contributed by atoms with E-state index in [1.807, 2.05) is 6.92 Å². The van der Waals surface area contributed by atoms with Gasteiger partial charge in [0.2, 0.25) is 0 Å². The number of aromatic nitrogens is 2. The molecule has 0 spiro atoms. The molecule has 0 unspecified atom stereocenters. The van der Waals surface area contributed by atoms with Gasteiger partial charge in [-0.1, -0.05) is 0 Å². The summed E-state index contributed by atoms with van der Waals surface area (Å²) < 4.78 is 1.10. The molecular formula is C30H25BiN2Si. The summed E-state index contributed by atoms with van der Waals surface area (Å²) in [5.74, 6) is 0.831. The molecule has 1 aromatic heterocycles. The Kier molecular flexibility index (Phi) is 6.54. The first-order valence-corrected chi connectivity index (χ1v) is 15.2. The van der Waals surface area contributed by atoms with Crippen molar-refractivity contribution in [2.75, 3.05) is 0 Å². The number of hydrogen-bond acceptors (Lipinski definition) is 2. The van der Waals surface area contributed by atoms with Crippen molar-refractivity contribution in [1.29, 1.82) is 0 Å². The van der Waals surface area contributed by atoms with Crippen molar-refractivity contribution in [2.24, 2.45) is 0 Å². The van der Waals surface area contributed by atoms with Crippen LogP contribution in [0.4, 0.5) is 0 Å². The van der Waals surface area contributed by atoms with Gasteiger partial charge in [-0.2, -0.15) is 0 Å². The second kappa shape index (κ2) is 9.74. The van der Waals surface area contributed by atoms with Crippen LogP contribution >= 0.6 is 0 Å². The van der Waals surface area contributed by atoms with Gasteiger partial charge < -0.3 is 0 Å². The first-order valence-electron chi connectivity index (χ1n) is 11.4. The number of hydrogen-bond donors (Lipinski definition) is 0. The zero-order valence-corrected chi connectivity index (χ0v) is 23.8. The molecule has 0 aliphatic carbocycles. The van der Waals surface area contributed by atoms with E-state index in [2.05, 4.69) is 127 Å². The third kappa shape index (κ3) is 4.17. The average Bonchev–Trinajstić information content (AvgIpc) is 2.87. The summed E-state index contributed by atoms with van der Waals surface area (Å²) in [5, 5.41) is 5.50. The number of rotatable bonds is 5. The van der Waals surface area contributed by atoms with Crippen molar-refractivity contribution < 1.29 is 0 Å². The fourth-order valence-corrected chi connectivity index (χ4v) is 10.7. The number of aryl methyl sites for hydroxylation is 2. The van der Waals surface area contributed by atoms with Gasteiger partial charge in [0.05, 0.1) is 0 Å². The van der Waals surface area contributed by atoms with Gasteiger partial charge >= 0.3 is 219 Å². The van der Waals surface area contributed by atoms with Gasteiger partial charge in [-0.15, -0.1) is 0 Å². The molecule has 0 aliphatic rings. The molecule has 0 aliphatic heterocycles. The fourth-order valence-electron chi connectivity index (χ4n) is 4.89. The van der Waals surface area contributed by atoms with Crippen LogP contribution in [-0.2, 0) is 0 Å². The summed E-state index contributed by atoms with van der Waals surface area (Å²) in [6.07, 6.45) is 0. The van der Waals surface area contributed by atoms with Crippen LogP contribution in [0.2, 0.25) is 0 Å². The quantitative estimate of drug-likeness (QED) is 0.216. The summed E-state index contributed by atoms with van der Waals surface area (Å²) in [4.78, 5) is 9.38. The Morgan fingerprint density at radius 3 is 1.53 bits per heavy atom. The van der Waals surface area contributed by atoms with Crippen LogP contribution in [0.5, 0.6) is 0 Å². The zero-order chi connectivity index (χ0) is 23.5. The van der Waals surface area contributed by atoms with Gasteiger partial charge in [0.15, 0.2) is 0 Å². The SMILES string of the molecule is Cc1n[c]([Bi])cc(-c2cc([Si](c3ccccc3)(c3ccccc3)c3ccccc3)ccc2C)n1. The summed E-state index contributed by atoms with van der Waals surface area (Å²) in [6.45, 7) is 4.16. The zero-order valence-electron chi connectivity index (χ0n) is 19.3. The van der Waals surface area contributed by atoms with E-state index in [4.69, 9.17) is 4.98 Å². The molecule has 0 N–H and O–H groups in total. The first kappa shape index (κ1) is 22.8. The second-order valence-corrected chi connectivity index (χ2v) is 14.1. The van der Waals surface area contributed by atoms with Crippen LogP contribution in [0.3, 0.4) is 0 Å². The van der Waals surface area contributed by atoms with E-state index < -0.39 is 8.07 Å². The summed E-state index contributed by atoms with van der Waals surface area (Å²) in [7, 11) is -2.55. The molecule has 1 heterocycles. The average molecular weight is 651 g/mol.